The second kappa shape index (κ2) is 3.94. The van der Waals surface area contributed by atoms with E-state index in [1.807, 2.05) is 5.38 Å². The first-order valence-corrected chi connectivity index (χ1v) is 7.63. The molecule has 3 nitrogen and oxygen atoms in total. The van der Waals surface area contributed by atoms with Crippen LogP contribution in [0.5, 0.6) is 0 Å². The quantitative estimate of drug-likeness (QED) is 0.911. The summed E-state index contributed by atoms with van der Waals surface area (Å²) in [6, 6.07) is 0. The monoisotopic (exact) mass is 266 g/mol. The molecule has 3 atom stereocenters. The van der Waals surface area contributed by atoms with Gasteiger partial charge in [-0.25, -0.2) is 4.98 Å². The molecule has 2 bridgehead atoms. The van der Waals surface area contributed by atoms with Crippen molar-refractivity contribution < 1.29 is 4.74 Å². The van der Waals surface area contributed by atoms with Gasteiger partial charge >= 0.3 is 0 Å². The highest BCUT2D eigenvalue weighted by Gasteiger charge is 2.61. The summed E-state index contributed by atoms with van der Waals surface area (Å²) < 4.78 is 6.16. The molecule has 1 aromatic rings. The minimum atomic E-state index is 0.333. The van der Waals surface area contributed by atoms with Crippen LogP contribution in [0.2, 0.25) is 0 Å². The van der Waals surface area contributed by atoms with E-state index in [1.54, 1.807) is 0 Å². The molecule has 2 fully saturated rings. The fraction of sp³-hybridized carbons (Fsp3) is 0.786. The van der Waals surface area contributed by atoms with Crippen molar-refractivity contribution in [1.29, 1.82) is 0 Å². The summed E-state index contributed by atoms with van der Waals surface area (Å²) in [5.74, 6) is 0.827. The second-order valence-corrected chi connectivity index (χ2v) is 7.48. The van der Waals surface area contributed by atoms with Gasteiger partial charge in [0, 0.05) is 5.38 Å². The van der Waals surface area contributed by atoms with Crippen LogP contribution < -0.4 is 5.73 Å². The van der Waals surface area contributed by atoms with Gasteiger partial charge in [0.25, 0.3) is 0 Å². The molecular weight excluding hydrogens is 244 g/mol. The van der Waals surface area contributed by atoms with Crippen LogP contribution in [0.3, 0.4) is 0 Å². The molecule has 3 unspecified atom stereocenters. The Morgan fingerprint density at radius 2 is 2.28 bits per heavy atom. The van der Waals surface area contributed by atoms with E-state index >= 15 is 0 Å². The number of hydrogen-bond acceptors (Lipinski definition) is 4. The Kier molecular flexibility index (Phi) is 2.72. The van der Waals surface area contributed by atoms with E-state index in [2.05, 4.69) is 25.8 Å². The summed E-state index contributed by atoms with van der Waals surface area (Å²) in [5, 5.41) is 2.63. The van der Waals surface area contributed by atoms with Crippen molar-refractivity contribution in [1.82, 2.24) is 4.98 Å². The van der Waals surface area contributed by atoms with Crippen LogP contribution in [0.1, 0.15) is 45.7 Å². The van der Waals surface area contributed by atoms with Gasteiger partial charge in [-0.2, -0.15) is 0 Å². The number of fused-ring (bicyclic) bond motifs is 2. The van der Waals surface area contributed by atoms with E-state index in [1.165, 1.54) is 30.6 Å². The molecule has 1 aromatic heterocycles. The highest BCUT2D eigenvalue weighted by atomic mass is 32.1. The van der Waals surface area contributed by atoms with Gasteiger partial charge in [-0.15, -0.1) is 11.3 Å². The number of ether oxygens (including phenoxy) is 1. The van der Waals surface area contributed by atoms with Crippen LogP contribution >= 0.6 is 11.3 Å². The molecule has 2 N–H and O–H groups in total. The van der Waals surface area contributed by atoms with Crippen LogP contribution in [0, 0.1) is 16.7 Å². The van der Waals surface area contributed by atoms with E-state index in [0.717, 1.165) is 11.6 Å². The smallest absolute Gasteiger partial charge is 0.180 e. The number of nitrogens with zero attached hydrogens (tertiary/aromatic N) is 1. The van der Waals surface area contributed by atoms with Gasteiger partial charge in [0.1, 0.15) is 0 Å². The largest absolute Gasteiger partial charge is 0.375 e. The normalized spacial score (nSPS) is 37.3. The van der Waals surface area contributed by atoms with Gasteiger partial charge in [-0.05, 0) is 36.0 Å². The van der Waals surface area contributed by atoms with E-state index in [0.29, 0.717) is 28.7 Å². The topological polar surface area (TPSA) is 48.1 Å². The van der Waals surface area contributed by atoms with Crippen molar-refractivity contribution in [2.24, 2.45) is 16.7 Å². The highest BCUT2D eigenvalue weighted by Crippen LogP contribution is 2.66. The first-order chi connectivity index (χ1) is 8.43. The van der Waals surface area contributed by atoms with Gasteiger partial charge in [0.15, 0.2) is 5.13 Å². The lowest BCUT2D eigenvalue weighted by molar-refractivity contribution is -0.0558. The van der Waals surface area contributed by atoms with Crippen molar-refractivity contribution in [3.8, 4) is 0 Å². The average molecular weight is 266 g/mol. The summed E-state index contributed by atoms with van der Waals surface area (Å²) in [4.78, 5) is 4.26. The number of nitrogens with two attached hydrogens (primary N) is 1. The molecule has 0 aromatic carbocycles. The van der Waals surface area contributed by atoms with Crippen molar-refractivity contribution in [2.45, 2.75) is 52.7 Å². The maximum atomic E-state index is 6.16. The van der Waals surface area contributed by atoms with E-state index in [4.69, 9.17) is 10.5 Å². The van der Waals surface area contributed by atoms with Gasteiger partial charge < -0.3 is 10.5 Å². The summed E-state index contributed by atoms with van der Waals surface area (Å²) in [6.07, 6.45) is 4.26. The minimum Gasteiger partial charge on any atom is -0.375 e. The lowest BCUT2D eigenvalue weighted by Gasteiger charge is -2.38. The third-order valence-corrected chi connectivity index (χ3v) is 6.44. The number of hydrogen-bond donors (Lipinski definition) is 1. The Hall–Kier alpha value is -0.610. The van der Waals surface area contributed by atoms with Crippen LogP contribution in [0.25, 0.3) is 0 Å². The maximum absolute atomic E-state index is 6.16. The van der Waals surface area contributed by atoms with Crippen LogP contribution in [0.4, 0.5) is 5.13 Å². The summed E-state index contributed by atoms with van der Waals surface area (Å²) in [7, 11) is 0. The fourth-order valence-corrected chi connectivity index (χ4v) is 4.50. The van der Waals surface area contributed by atoms with Gasteiger partial charge in [-0.3, -0.25) is 0 Å². The molecule has 1 heterocycles. The molecule has 100 valence electrons. The Balaban J connectivity index is 1.69. The lowest BCUT2D eigenvalue weighted by Crippen LogP contribution is -2.37. The Morgan fingerprint density at radius 1 is 1.50 bits per heavy atom. The average Bonchev–Trinajstić information content (AvgIpc) is 2.87. The molecular formula is C14H22N2OS. The second-order valence-electron chi connectivity index (χ2n) is 6.59. The molecule has 2 aliphatic carbocycles. The Bertz CT molecular complexity index is 456. The van der Waals surface area contributed by atoms with Gasteiger partial charge in [0.05, 0.1) is 18.4 Å². The maximum Gasteiger partial charge on any atom is 0.180 e. The van der Waals surface area contributed by atoms with Crippen molar-refractivity contribution >= 4 is 16.5 Å². The molecule has 4 heteroatoms. The molecule has 2 aliphatic rings. The number of nitrogen functional groups attached to an aromatic ring is 1. The predicted molar refractivity (Wildman–Crippen MR) is 74.3 cm³/mol. The summed E-state index contributed by atoms with van der Waals surface area (Å²) in [5.41, 5.74) is 7.37. The van der Waals surface area contributed by atoms with Crippen LogP contribution in [-0.4, -0.2) is 11.1 Å². The molecule has 0 saturated heterocycles. The third-order valence-electron chi connectivity index (χ3n) is 5.72. The fourth-order valence-electron chi connectivity index (χ4n) is 3.96. The zero-order valence-corrected chi connectivity index (χ0v) is 12.2. The number of aromatic nitrogens is 1. The van der Waals surface area contributed by atoms with Crippen LogP contribution in [-0.2, 0) is 11.3 Å². The van der Waals surface area contributed by atoms with Crippen LogP contribution in [0.15, 0.2) is 5.38 Å². The zero-order valence-electron chi connectivity index (χ0n) is 11.4. The first-order valence-electron chi connectivity index (χ1n) is 6.75. The summed E-state index contributed by atoms with van der Waals surface area (Å²) in [6.45, 7) is 7.83. The molecule has 18 heavy (non-hydrogen) atoms. The summed E-state index contributed by atoms with van der Waals surface area (Å²) >= 11 is 1.49. The van der Waals surface area contributed by atoms with Gasteiger partial charge in [0.2, 0.25) is 0 Å². The minimum absolute atomic E-state index is 0.333. The van der Waals surface area contributed by atoms with Gasteiger partial charge in [-0.1, -0.05) is 20.8 Å². The third kappa shape index (κ3) is 1.62. The first kappa shape index (κ1) is 12.4. The van der Waals surface area contributed by atoms with E-state index in [-0.39, 0.29) is 0 Å². The molecule has 2 saturated carbocycles. The Morgan fingerprint density at radius 3 is 2.78 bits per heavy atom. The lowest BCUT2D eigenvalue weighted by atomic mass is 9.70. The Labute approximate surface area is 113 Å². The SMILES string of the molecule is CC1(C)C2CCC1(C)C(OCc1csc(N)n1)C2. The number of anilines is 1. The number of rotatable bonds is 3. The van der Waals surface area contributed by atoms with Crippen molar-refractivity contribution in [3.63, 3.8) is 0 Å². The van der Waals surface area contributed by atoms with Crippen molar-refractivity contribution in [3.05, 3.63) is 11.1 Å². The van der Waals surface area contributed by atoms with E-state index in [9.17, 15) is 0 Å². The van der Waals surface area contributed by atoms with E-state index < -0.39 is 0 Å². The van der Waals surface area contributed by atoms with Crippen molar-refractivity contribution in [2.75, 3.05) is 5.73 Å². The number of thiazole rings is 1. The molecule has 0 amide bonds. The predicted octanol–water partition coefficient (Wildman–Crippen LogP) is 3.46. The molecule has 0 aliphatic heterocycles. The zero-order chi connectivity index (χ0) is 13.0. The molecule has 0 radical (unpaired) electrons. The molecule has 3 rings (SSSR count). The molecule has 0 spiro atoms. The standard InChI is InChI=1S/C14H22N2OS/c1-13(2)9-4-5-14(13,3)11(6-9)17-7-10-8-18-12(15)16-10/h8-9,11H,4-7H2,1-3H3,(H2,15,16). The highest BCUT2D eigenvalue weighted by molar-refractivity contribution is 7.13.